The van der Waals surface area contributed by atoms with Crippen LogP contribution in [0.4, 0.5) is 17.1 Å². The van der Waals surface area contributed by atoms with Crippen LogP contribution >= 0.6 is 0 Å². The molecule has 4 bridgehead atoms. The van der Waals surface area contributed by atoms with Crippen molar-refractivity contribution in [1.82, 2.24) is 0 Å². The van der Waals surface area contributed by atoms with Gasteiger partial charge >= 0.3 is 0 Å². The SMILES string of the molecule is c1ccc(-c2ccc(N(c3ccc(-c4ccc5c(c4)-c4ccccc4C54C5CC6CC(C5)CC4C6)c(-c4ccccc4)c3)c3cccc4oc5ccccc5c34)cc2)cc1. The van der Waals surface area contributed by atoms with Gasteiger partial charge in [0.15, 0.2) is 0 Å². The van der Waals surface area contributed by atoms with E-state index in [1.54, 1.807) is 11.1 Å². The van der Waals surface area contributed by atoms with E-state index in [9.17, 15) is 0 Å². The molecule has 0 unspecified atom stereocenters. The summed E-state index contributed by atoms with van der Waals surface area (Å²) in [6.45, 7) is 0. The van der Waals surface area contributed by atoms with Crippen molar-refractivity contribution >= 4 is 39.0 Å². The molecular formula is C58H45NO. The first-order chi connectivity index (χ1) is 29.7. The number of rotatable bonds is 6. The Morgan fingerprint density at radius 3 is 1.80 bits per heavy atom. The average molecular weight is 772 g/mol. The molecule has 4 fully saturated rings. The Morgan fingerprint density at radius 2 is 1.02 bits per heavy atom. The summed E-state index contributed by atoms with van der Waals surface area (Å²) in [5, 5.41) is 2.23. The van der Waals surface area contributed by atoms with Gasteiger partial charge in [0, 0.05) is 22.2 Å². The van der Waals surface area contributed by atoms with Gasteiger partial charge in [-0.15, -0.1) is 0 Å². The molecule has 5 aliphatic rings. The molecule has 2 heteroatoms. The topological polar surface area (TPSA) is 16.4 Å². The quantitative estimate of drug-likeness (QED) is 0.167. The summed E-state index contributed by atoms with van der Waals surface area (Å²) < 4.78 is 6.47. The van der Waals surface area contributed by atoms with Gasteiger partial charge in [0.2, 0.25) is 0 Å². The Bertz CT molecular complexity index is 3070. The molecule has 1 spiro atoms. The summed E-state index contributed by atoms with van der Waals surface area (Å²) in [5.41, 5.74) is 18.7. The van der Waals surface area contributed by atoms with Crippen molar-refractivity contribution in [2.24, 2.45) is 23.7 Å². The molecule has 0 amide bonds. The maximum atomic E-state index is 6.47. The number of fused-ring (bicyclic) bond motifs is 6. The Hall–Kier alpha value is -6.64. The molecule has 60 heavy (non-hydrogen) atoms. The lowest BCUT2D eigenvalue weighted by Gasteiger charge is -2.61. The number of hydrogen-bond acceptors (Lipinski definition) is 2. The van der Waals surface area contributed by atoms with Gasteiger partial charge in [-0.1, -0.05) is 140 Å². The van der Waals surface area contributed by atoms with Crippen LogP contribution in [0.1, 0.15) is 43.2 Å². The molecule has 8 aromatic carbocycles. The molecule has 1 aromatic heterocycles. The van der Waals surface area contributed by atoms with Crippen molar-refractivity contribution in [1.29, 1.82) is 0 Å². The molecule has 4 saturated carbocycles. The van der Waals surface area contributed by atoms with Crippen LogP contribution in [0.3, 0.4) is 0 Å². The van der Waals surface area contributed by atoms with E-state index in [2.05, 4.69) is 193 Å². The van der Waals surface area contributed by atoms with E-state index in [1.165, 1.54) is 76.6 Å². The fourth-order valence-electron chi connectivity index (χ4n) is 12.9. The molecule has 1 heterocycles. The number of anilines is 3. The maximum Gasteiger partial charge on any atom is 0.137 e. The third kappa shape index (κ3) is 5.00. The second-order valence-corrected chi connectivity index (χ2v) is 18.1. The molecule has 9 aromatic rings. The van der Waals surface area contributed by atoms with Crippen molar-refractivity contribution < 1.29 is 4.42 Å². The molecule has 0 N–H and O–H groups in total. The first-order valence-electron chi connectivity index (χ1n) is 22.0. The fourth-order valence-corrected chi connectivity index (χ4v) is 12.9. The van der Waals surface area contributed by atoms with Crippen molar-refractivity contribution in [3.63, 3.8) is 0 Å². The Labute approximate surface area is 351 Å². The van der Waals surface area contributed by atoms with Crippen LogP contribution in [-0.2, 0) is 5.41 Å². The van der Waals surface area contributed by atoms with Crippen LogP contribution in [-0.4, -0.2) is 0 Å². The zero-order valence-corrected chi connectivity index (χ0v) is 33.6. The van der Waals surface area contributed by atoms with Crippen LogP contribution in [0.2, 0.25) is 0 Å². The molecule has 0 atom stereocenters. The highest BCUT2D eigenvalue weighted by Crippen LogP contribution is 2.69. The van der Waals surface area contributed by atoms with Gasteiger partial charge in [-0.3, -0.25) is 0 Å². The monoisotopic (exact) mass is 771 g/mol. The summed E-state index contributed by atoms with van der Waals surface area (Å²) >= 11 is 0. The van der Waals surface area contributed by atoms with E-state index in [0.717, 1.165) is 62.7 Å². The Balaban J connectivity index is 0.997. The van der Waals surface area contributed by atoms with Gasteiger partial charge in [-0.25, -0.2) is 0 Å². The Morgan fingerprint density at radius 1 is 0.400 bits per heavy atom. The Kier molecular flexibility index (Phi) is 7.52. The van der Waals surface area contributed by atoms with Crippen LogP contribution in [0.15, 0.2) is 192 Å². The lowest BCUT2D eigenvalue weighted by atomic mass is 9.43. The lowest BCUT2D eigenvalue weighted by molar-refractivity contribution is -0.0399. The largest absolute Gasteiger partial charge is 0.456 e. The van der Waals surface area contributed by atoms with E-state index < -0.39 is 0 Å². The van der Waals surface area contributed by atoms with E-state index in [1.807, 2.05) is 0 Å². The number of furan rings is 1. The van der Waals surface area contributed by atoms with Gasteiger partial charge in [0.1, 0.15) is 11.2 Å². The first kappa shape index (κ1) is 34.2. The van der Waals surface area contributed by atoms with E-state index in [-0.39, 0.29) is 5.41 Å². The van der Waals surface area contributed by atoms with Gasteiger partial charge in [0.25, 0.3) is 0 Å². The average Bonchev–Trinajstić information content (AvgIpc) is 3.83. The molecule has 2 nitrogen and oxygen atoms in total. The zero-order valence-electron chi connectivity index (χ0n) is 33.6. The molecule has 0 aliphatic heterocycles. The van der Waals surface area contributed by atoms with Gasteiger partial charge < -0.3 is 9.32 Å². The van der Waals surface area contributed by atoms with Crippen LogP contribution < -0.4 is 4.90 Å². The van der Waals surface area contributed by atoms with Gasteiger partial charge in [0.05, 0.1) is 11.1 Å². The maximum absolute atomic E-state index is 6.47. The van der Waals surface area contributed by atoms with Crippen molar-refractivity contribution in [2.45, 2.75) is 37.5 Å². The minimum absolute atomic E-state index is 0.166. The fraction of sp³-hybridized carbons (Fsp3) is 0.172. The number of nitrogens with zero attached hydrogens (tertiary/aromatic N) is 1. The highest BCUT2D eigenvalue weighted by molar-refractivity contribution is 6.13. The summed E-state index contributed by atoms with van der Waals surface area (Å²) in [4.78, 5) is 2.42. The van der Waals surface area contributed by atoms with E-state index in [4.69, 9.17) is 4.42 Å². The van der Waals surface area contributed by atoms with E-state index >= 15 is 0 Å². The molecule has 0 saturated heterocycles. The van der Waals surface area contributed by atoms with Crippen molar-refractivity contribution in [2.75, 3.05) is 4.90 Å². The predicted molar refractivity (Wildman–Crippen MR) is 248 cm³/mol. The number of para-hydroxylation sites is 1. The summed E-state index contributed by atoms with van der Waals surface area (Å²) in [7, 11) is 0. The third-order valence-electron chi connectivity index (χ3n) is 15.1. The normalized spacial score (nSPS) is 22.1. The molecular weight excluding hydrogens is 727 g/mol. The van der Waals surface area contributed by atoms with E-state index in [0.29, 0.717) is 0 Å². The summed E-state index contributed by atoms with van der Waals surface area (Å²) in [5.74, 6) is 3.37. The van der Waals surface area contributed by atoms with Crippen molar-refractivity contribution in [3.8, 4) is 44.5 Å². The summed E-state index contributed by atoms with van der Waals surface area (Å²) in [6, 6.07) is 69.6. The van der Waals surface area contributed by atoms with Crippen LogP contribution in [0.5, 0.6) is 0 Å². The predicted octanol–water partition coefficient (Wildman–Crippen LogP) is 15.8. The number of hydrogen-bond donors (Lipinski definition) is 0. The number of benzene rings is 8. The van der Waals surface area contributed by atoms with Crippen molar-refractivity contribution in [3.05, 3.63) is 199 Å². The first-order valence-corrected chi connectivity index (χ1v) is 22.0. The lowest BCUT2D eigenvalue weighted by Crippen LogP contribution is -2.55. The smallest absolute Gasteiger partial charge is 0.137 e. The highest BCUT2D eigenvalue weighted by atomic mass is 16.3. The minimum atomic E-state index is 0.166. The molecule has 5 aliphatic carbocycles. The van der Waals surface area contributed by atoms with Crippen LogP contribution in [0.25, 0.3) is 66.4 Å². The van der Waals surface area contributed by atoms with Gasteiger partial charge in [-0.2, -0.15) is 0 Å². The second-order valence-electron chi connectivity index (χ2n) is 18.1. The zero-order chi connectivity index (χ0) is 39.4. The standard InChI is InChI=1S/C58H45NO/c1-3-12-39(13-4-1)40-22-25-45(26-23-40)59(54-19-11-21-56-57(54)49-17-8-10-20-55(49)60-56)46-27-28-47(50(36-46)41-14-5-2-6-15-41)42-24-29-53-51(35-42)48-16-7-9-18-52(48)58(53)43-31-37-30-38(33-43)34-44(58)32-37/h1-29,35-38,43-44H,30-34H2. The summed E-state index contributed by atoms with van der Waals surface area (Å²) in [6.07, 6.45) is 7.07. The second kappa shape index (κ2) is 13.2. The van der Waals surface area contributed by atoms with Gasteiger partial charge in [-0.05, 0) is 160 Å². The molecule has 14 rings (SSSR count). The molecule has 0 radical (unpaired) electrons. The van der Waals surface area contributed by atoms with Crippen LogP contribution in [0, 0.1) is 23.7 Å². The molecule has 288 valence electrons. The minimum Gasteiger partial charge on any atom is -0.456 e. The third-order valence-corrected chi connectivity index (χ3v) is 15.1. The highest BCUT2D eigenvalue weighted by Gasteiger charge is 2.61.